The smallest absolute Gasteiger partial charge is 0.410 e. The molecule has 3 amide bonds. The van der Waals surface area contributed by atoms with Crippen LogP contribution in [0.4, 0.5) is 4.79 Å². The lowest BCUT2D eigenvalue weighted by molar-refractivity contribution is -0.152. The zero-order valence-corrected chi connectivity index (χ0v) is 14.6. The monoisotopic (exact) mass is 340 g/mol. The second-order valence-corrected chi connectivity index (χ2v) is 7.29. The van der Waals surface area contributed by atoms with Gasteiger partial charge in [0.15, 0.2) is 0 Å². The summed E-state index contributed by atoms with van der Waals surface area (Å²) in [5, 5.41) is 0. The second-order valence-electron chi connectivity index (χ2n) is 7.29. The van der Waals surface area contributed by atoms with Crippen LogP contribution in [0.1, 0.15) is 40.0 Å². The van der Waals surface area contributed by atoms with E-state index in [1.165, 1.54) is 7.11 Å². The summed E-state index contributed by atoms with van der Waals surface area (Å²) >= 11 is 0. The molecule has 2 rings (SSSR count). The fraction of sp³-hybridized carbons (Fsp3) is 0.750. The summed E-state index contributed by atoms with van der Waals surface area (Å²) < 4.78 is 9.85. The van der Waals surface area contributed by atoms with Gasteiger partial charge < -0.3 is 14.4 Å². The van der Waals surface area contributed by atoms with E-state index in [4.69, 9.17) is 4.74 Å². The molecular weight excluding hydrogens is 316 g/mol. The van der Waals surface area contributed by atoms with Gasteiger partial charge in [0, 0.05) is 19.5 Å². The van der Waals surface area contributed by atoms with Crippen LogP contribution < -0.4 is 0 Å². The summed E-state index contributed by atoms with van der Waals surface area (Å²) in [7, 11) is 1.21. The lowest BCUT2D eigenvalue weighted by Gasteiger charge is -2.37. The molecule has 0 atom stereocenters. The van der Waals surface area contributed by atoms with Crippen LogP contribution in [0.25, 0.3) is 0 Å². The number of esters is 1. The Bertz CT molecular complexity index is 557. The predicted octanol–water partition coefficient (Wildman–Crippen LogP) is 0.936. The zero-order valence-electron chi connectivity index (χ0n) is 14.6. The van der Waals surface area contributed by atoms with Gasteiger partial charge in [-0.25, -0.2) is 4.79 Å². The maximum Gasteiger partial charge on any atom is 0.410 e. The van der Waals surface area contributed by atoms with Crippen molar-refractivity contribution in [2.24, 2.45) is 5.41 Å². The van der Waals surface area contributed by atoms with Gasteiger partial charge in [0.25, 0.3) is 0 Å². The number of piperidine rings is 1. The number of carbonyl (C=O) groups excluding carboxylic acids is 4. The number of imide groups is 1. The van der Waals surface area contributed by atoms with Crippen LogP contribution in [0.15, 0.2) is 0 Å². The maximum atomic E-state index is 12.6. The molecule has 8 heteroatoms. The van der Waals surface area contributed by atoms with Crippen molar-refractivity contribution in [1.82, 2.24) is 9.80 Å². The highest BCUT2D eigenvalue weighted by molar-refractivity contribution is 6.07. The molecule has 0 radical (unpaired) electrons. The molecule has 0 aromatic heterocycles. The number of likely N-dealkylation sites (tertiary alicyclic amines) is 2. The fourth-order valence-electron chi connectivity index (χ4n) is 3.05. The van der Waals surface area contributed by atoms with Crippen molar-refractivity contribution in [2.75, 3.05) is 26.7 Å². The number of hydrogen-bond acceptors (Lipinski definition) is 6. The summed E-state index contributed by atoms with van der Waals surface area (Å²) in [6, 6.07) is 0. The molecule has 134 valence electrons. The van der Waals surface area contributed by atoms with Crippen molar-refractivity contribution in [2.45, 2.75) is 45.6 Å². The van der Waals surface area contributed by atoms with Gasteiger partial charge in [0.1, 0.15) is 12.1 Å². The van der Waals surface area contributed by atoms with Gasteiger partial charge in [-0.3, -0.25) is 19.3 Å². The average molecular weight is 340 g/mol. The molecular formula is C16H24N2O6. The summed E-state index contributed by atoms with van der Waals surface area (Å²) in [5.74, 6) is -1.34. The molecule has 2 aliphatic rings. The number of methoxy groups -OCH3 is 1. The first-order chi connectivity index (χ1) is 11.1. The average Bonchev–Trinajstić information content (AvgIpc) is 2.70. The molecule has 0 saturated carbocycles. The van der Waals surface area contributed by atoms with Crippen molar-refractivity contribution in [3.63, 3.8) is 0 Å². The largest absolute Gasteiger partial charge is 0.468 e. The van der Waals surface area contributed by atoms with Gasteiger partial charge in [-0.1, -0.05) is 0 Å². The zero-order chi connectivity index (χ0) is 18.1. The molecule has 2 saturated heterocycles. The molecule has 0 N–H and O–H groups in total. The van der Waals surface area contributed by atoms with Crippen molar-refractivity contribution in [1.29, 1.82) is 0 Å². The van der Waals surface area contributed by atoms with E-state index < -0.39 is 23.1 Å². The van der Waals surface area contributed by atoms with E-state index >= 15 is 0 Å². The van der Waals surface area contributed by atoms with Crippen LogP contribution in [-0.4, -0.2) is 66.0 Å². The van der Waals surface area contributed by atoms with Crippen LogP contribution in [0, 0.1) is 5.41 Å². The van der Waals surface area contributed by atoms with Crippen LogP contribution in [0.3, 0.4) is 0 Å². The maximum absolute atomic E-state index is 12.6. The molecule has 0 aromatic carbocycles. The summed E-state index contributed by atoms with van der Waals surface area (Å²) in [5.41, 5.74) is -1.40. The number of hydrogen-bond donors (Lipinski definition) is 0. The molecule has 1 spiro atoms. The van der Waals surface area contributed by atoms with Gasteiger partial charge in [-0.2, -0.15) is 0 Å². The van der Waals surface area contributed by atoms with Gasteiger partial charge in [0.2, 0.25) is 11.8 Å². The first-order valence-corrected chi connectivity index (χ1v) is 7.97. The summed E-state index contributed by atoms with van der Waals surface area (Å²) in [6.07, 6.45) is 0.425. The van der Waals surface area contributed by atoms with Crippen LogP contribution in [0.5, 0.6) is 0 Å². The lowest BCUT2D eigenvalue weighted by atomic mass is 9.77. The van der Waals surface area contributed by atoms with Gasteiger partial charge >= 0.3 is 12.1 Å². The Labute approximate surface area is 141 Å². The fourth-order valence-corrected chi connectivity index (χ4v) is 3.05. The highest BCUT2D eigenvalue weighted by atomic mass is 16.6. The molecule has 2 fully saturated rings. The van der Waals surface area contributed by atoms with E-state index in [1.54, 1.807) is 25.7 Å². The Balaban J connectivity index is 2.00. The van der Waals surface area contributed by atoms with Gasteiger partial charge in [-0.05, 0) is 33.6 Å². The van der Waals surface area contributed by atoms with Crippen molar-refractivity contribution < 1.29 is 28.7 Å². The molecule has 2 heterocycles. The highest BCUT2D eigenvalue weighted by Gasteiger charge is 2.53. The quantitative estimate of drug-likeness (QED) is 0.548. The Kier molecular flexibility index (Phi) is 4.87. The SMILES string of the molecule is COC(=O)CN1C(=O)CC2(CCN(C(=O)OC(C)(C)C)CC2)C1=O. The summed E-state index contributed by atoms with van der Waals surface area (Å²) in [6.45, 7) is 5.71. The third-order valence-corrected chi connectivity index (χ3v) is 4.38. The molecule has 24 heavy (non-hydrogen) atoms. The van der Waals surface area contributed by atoms with E-state index in [-0.39, 0.29) is 24.8 Å². The molecule has 0 bridgehead atoms. The minimum absolute atomic E-state index is 0.0744. The predicted molar refractivity (Wildman–Crippen MR) is 82.8 cm³/mol. The highest BCUT2D eigenvalue weighted by Crippen LogP contribution is 2.42. The molecule has 2 aliphatic heterocycles. The third-order valence-electron chi connectivity index (χ3n) is 4.38. The molecule has 0 aliphatic carbocycles. The first-order valence-electron chi connectivity index (χ1n) is 7.97. The van der Waals surface area contributed by atoms with E-state index in [2.05, 4.69) is 4.74 Å². The van der Waals surface area contributed by atoms with Crippen molar-refractivity contribution in [3.05, 3.63) is 0 Å². The van der Waals surface area contributed by atoms with Crippen molar-refractivity contribution in [3.8, 4) is 0 Å². The number of ether oxygens (including phenoxy) is 2. The number of carbonyl (C=O) groups is 4. The van der Waals surface area contributed by atoms with Crippen molar-refractivity contribution >= 4 is 23.9 Å². The number of nitrogens with zero attached hydrogens (tertiary/aromatic N) is 2. The normalized spacial score (nSPS) is 20.5. The van der Waals surface area contributed by atoms with E-state index in [0.29, 0.717) is 25.9 Å². The summed E-state index contributed by atoms with van der Waals surface area (Å²) in [4.78, 5) is 50.7. The van der Waals surface area contributed by atoms with E-state index in [9.17, 15) is 19.2 Å². The molecule has 0 aromatic rings. The van der Waals surface area contributed by atoms with E-state index in [0.717, 1.165) is 4.90 Å². The van der Waals surface area contributed by atoms with Crippen LogP contribution in [0.2, 0.25) is 0 Å². The Morgan fingerprint density at radius 2 is 1.75 bits per heavy atom. The standard InChI is InChI=1S/C16H24N2O6/c1-15(2,3)24-14(22)17-7-5-16(6-8-17)9-11(19)18(13(16)21)10-12(20)23-4/h5-10H2,1-4H3. The Morgan fingerprint density at radius 3 is 2.25 bits per heavy atom. The number of rotatable bonds is 2. The second kappa shape index (κ2) is 6.41. The topological polar surface area (TPSA) is 93.2 Å². The number of amides is 3. The Hall–Kier alpha value is -2.12. The molecule has 8 nitrogen and oxygen atoms in total. The van der Waals surface area contributed by atoms with Gasteiger partial charge in [0.05, 0.1) is 12.5 Å². The third kappa shape index (κ3) is 3.68. The van der Waals surface area contributed by atoms with E-state index in [1.807, 2.05) is 0 Å². The minimum atomic E-state index is -0.816. The van der Waals surface area contributed by atoms with Gasteiger partial charge in [-0.15, -0.1) is 0 Å². The minimum Gasteiger partial charge on any atom is -0.468 e. The Morgan fingerprint density at radius 1 is 1.17 bits per heavy atom. The first kappa shape index (κ1) is 18.2. The van der Waals surface area contributed by atoms with Crippen LogP contribution in [-0.2, 0) is 23.9 Å². The lowest BCUT2D eigenvalue weighted by Crippen LogP contribution is -2.48. The van der Waals surface area contributed by atoms with Crippen LogP contribution >= 0.6 is 0 Å². The molecule has 0 unspecified atom stereocenters.